The van der Waals surface area contributed by atoms with Crippen molar-refractivity contribution < 1.29 is 14.3 Å². The van der Waals surface area contributed by atoms with Crippen LogP contribution < -0.4 is 10.9 Å². The fourth-order valence-corrected chi connectivity index (χ4v) is 4.26. The Balaban J connectivity index is 1.88. The van der Waals surface area contributed by atoms with E-state index in [-0.39, 0.29) is 17.4 Å². The number of ether oxygens (including phenoxy) is 1. The molecule has 7 nitrogen and oxygen atoms in total. The number of nitrogens with one attached hydrogen (secondary N) is 1. The van der Waals surface area contributed by atoms with Crippen LogP contribution in [-0.2, 0) is 9.53 Å². The SMILES string of the molecule is Cc1nc(NC(=O)C(C)n2c(=O)cc(C)c3cccc(C)c32)sc1C(=O)OCC(C)C. The lowest BCUT2D eigenvalue weighted by Crippen LogP contribution is -2.32. The first-order chi connectivity index (χ1) is 14.6. The number of anilines is 1. The summed E-state index contributed by atoms with van der Waals surface area (Å²) in [7, 11) is 0. The van der Waals surface area contributed by atoms with E-state index in [4.69, 9.17) is 4.74 Å². The third-order valence-corrected chi connectivity index (χ3v) is 6.06. The molecule has 31 heavy (non-hydrogen) atoms. The maximum atomic E-state index is 13.0. The molecule has 0 fully saturated rings. The van der Waals surface area contributed by atoms with Gasteiger partial charge in [0.15, 0.2) is 5.13 Å². The number of nitrogens with zero attached hydrogens (tertiary/aromatic N) is 2. The van der Waals surface area contributed by atoms with Crippen LogP contribution in [0.2, 0.25) is 0 Å². The average molecular weight is 442 g/mol. The van der Waals surface area contributed by atoms with E-state index in [1.54, 1.807) is 19.9 Å². The maximum absolute atomic E-state index is 13.0. The Morgan fingerprint density at radius 3 is 2.55 bits per heavy atom. The Labute approximate surface area is 185 Å². The Bertz CT molecular complexity index is 1210. The number of fused-ring (bicyclic) bond motifs is 1. The number of esters is 1. The van der Waals surface area contributed by atoms with E-state index in [1.165, 1.54) is 4.57 Å². The van der Waals surface area contributed by atoms with Gasteiger partial charge >= 0.3 is 5.97 Å². The van der Waals surface area contributed by atoms with Crippen molar-refractivity contribution in [3.63, 3.8) is 0 Å². The zero-order valence-corrected chi connectivity index (χ0v) is 19.4. The van der Waals surface area contributed by atoms with Crippen LogP contribution in [-0.4, -0.2) is 28.0 Å². The van der Waals surface area contributed by atoms with Crippen LogP contribution in [0.1, 0.15) is 53.3 Å². The van der Waals surface area contributed by atoms with E-state index < -0.39 is 12.0 Å². The fraction of sp³-hybridized carbons (Fsp3) is 0.391. The number of aromatic nitrogens is 2. The zero-order valence-electron chi connectivity index (χ0n) is 18.6. The summed E-state index contributed by atoms with van der Waals surface area (Å²) in [6, 6.07) is 6.57. The molecule has 0 aliphatic rings. The molecule has 1 N–H and O–H groups in total. The molecule has 164 valence electrons. The smallest absolute Gasteiger partial charge is 0.350 e. The molecule has 2 aromatic heterocycles. The van der Waals surface area contributed by atoms with Crippen molar-refractivity contribution in [2.75, 3.05) is 11.9 Å². The summed E-state index contributed by atoms with van der Waals surface area (Å²) in [6.45, 7) is 11.4. The Morgan fingerprint density at radius 1 is 1.16 bits per heavy atom. The predicted molar refractivity (Wildman–Crippen MR) is 123 cm³/mol. The molecule has 1 atom stereocenters. The first kappa shape index (κ1) is 22.7. The quantitative estimate of drug-likeness (QED) is 0.573. The molecular formula is C23H27N3O4S. The number of hydrogen-bond acceptors (Lipinski definition) is 6. The number of pyridine rings is 1. The first-order valence-electron chi connectivity index (χ1n) is 10.2. The summed E-state index contributed by atoms with van der Waals surface area (Å²) in [5, 5.41) is 3.98. The molecule has 0 bridgehead atoms. The summed E-state index contributed by atoms with van der Waals surface area (Å²) in [5.41, 5.74) is 2.78. The Hall–Kier alpha value is -3.00. The van der Waals surface area contributed by atoms with E-state index in [0.29, 0.717) is 22.3 Å². The number of amides is 1. The van der Waals surface area contributed by atoms with Crippen molar-refractivity contribution in [2.45, 2.75) is 47.6 Å². The monoisotopic (exact) mass is 441 g/mol. The molecule has 2 heterocycles. The normalized spacial score (nSPS) is 12.2. The number of aryl methyl sites for hydroxylation is 3. The number of benzene rings is 1. The number of thiazole rings is 1. The van der Waals surface area contributed by atoms with Gasteiger partial charge < -0.3 is 10.1 Å². The minimum Gasteiger partial charge on any atom is -0.461 e. The van der Waals surface area contributed by atoms with E-state index in [0.717, 1.165) is 33.4 Å². The van der Waals surface area contributed by atoms with Crippen molar-refractivity contribution in [2.24, 2.45) is 5.92 Å². The van der Waals surface area contributed by atoms with Crippen LogP contribution in [0.25, 0.3) is 10.9 Å². The highest BCUT2D eigenvalue weighted by Gasteiger charge is 2.23. The highest BCUT2D eigenvalue weighted by Crippen LogP contribution is 2.26. The molecule has 3 aromatic rings. The van der Waals surface area contributed by atoms with Gasteiger partial charge in [-0.05, 0) is 44.7 Å². The van der Waals surface area contributed by atoms with Crippen LogP contribution in [0.15, 0.2) is 29.1 Å². The molecule has 0 aliphatic heterocycles. The van der Waals surface area contributed by atoms with Crippen molar-refractivity contribution in [3.05, 3.63) is 56.3 Å². The van der Waals surface area contributed by atoms with Gasteiger partial charge in [0.2, 0.25) is 5.91 Å². The molecule has 3 rings (SSSR count). The largest absolute Gasteiger partial charge is 0.461 e. The van der Waals surface area contributed by atoms with Gasteiger partial charge in [0, 0.05) is 11.5 Å². The summed E-state index contributed by atoms with van der Waals surface area (Å²) in [4.78, 5) is 42.7. The molecular weight excluding hydrogens is 414 g/mol. The highest BCUT2D eigenvalue weighted by atomic mass is 32.1. The predicted octanol–water partition coefficient (Wildman–Crippen LogP) is 4.40. The molecule has 0 spiro atoms. The van der Waals surface area contributed by atoms with Crippen LogP contribution in [0.5, 0.6) is 0 Å². The second kappa shape index (κ2) is 9.01. The highest BCUT2D eigenvalue weighted by molar-refractivity contribution is 7.17. The number of rotatable bonds is 6. The standard InChI is InChI=1S/C23H27N3O4S/c1-12(2)11-30-22(29)20-15(5)24-23(31-20)25-21(28)16(6)26-18(27)10-14(4)17-9-7-8-13(3)19(17)26/h7-10,12,16H,11H2,1-6H3,(H,24,25,28). The van der Waals surface area contributed by atoms with Crippen molar-refractivity contribution in [1.82, 2.24) is 9.55 Å². The van der Waals surface area contributed by atoms with Crippen molar-refractivity contribution in [1.29, 1.82) is 0 Å². The van der Waals surface area contributed by atoms with Gasteiger partial charge in [0.25, 0.3) is 5.56 Å². The van der Waals surface area contributed by atoms with Gasteiger partial charge in [0.05, 0.1) is 17.8 Å². The van der Waals surface area contributed by atoms with Crippen LogP contribution in [0, 0.1) is 26.7 Å². The van der Waals surface area contributed by atoms with Crippen LogP contribution >= 0.6 is 11.3 Å². The topological polar surface area (TPSA) is 90.3 Å². The van der Waals surface area contributed by atoms with E-state index in [9.17, 15) is 14.4 Å². The number of carbonyl (C=O) groups excluding carboxylic acids is 2. The molecule has 0 saturated carbocycles. The van der Waals surface area contributed by atoms with Crippen LogP contribution in [0.4, 0.5) is 5.13 Å². The fourth-order valence-electron chi connectivity index (χ4n) is 3.40. The third kappa shape index (κ3) is 4.69. The molecule has 1 aromatic carbocycles. The number of para-hydroxylation sites is 1. The van der Waals surface area contributed by atoms with Gasteiger partial charge in [-0.15, -0.1) is 0 Å². The minimum atomic E-state index is -0.766. The van der Waals surface area contributed by atoms with Gasteiger partial charge in [0.1, 0.15) is 10.9 Å². The zero-order chi connectivity index (χ0) is 22.9. The third-order valence-electron chi connectivity index (χ3n) is 5.01. The second-order valence-electron chi connectivity index (χ2n) is 8.10. The second-order valence-corrected chi connectivity index (χ2v) is 9.10. The van der Waals surface area contributed by atoms with E-state index >= 15 is 0 Å². The Morgan fingerprint density at radius 2 is 1.87 bits per heavy atom. The first-order valence-corrected chi connectivity index (χ1v) is 11.0. The van der Waals surface area contributed by atoms with E-state index in [2.05, 4.69) is 10.3 Å². The number of carbonyl (C=O) groups is 2. The summed E-state index contributed by atoms with van der Waals surface area (Å²) in [6.07, 6.45) is 0. The number of hydrogen-bond donors (Lipinski definition) is 1. The summed E-state index contributed by atoms with van der Waals surface area (Å²) in [5.74, 6) is -0.608. The minimum absolute atomic E-state index is 0.225. The maximum Gasteiger partial charge on any atom is 0.350 e. The van der Waals surface area contributed by atoms with Crippen LogP contribution in [0.3, 0.4) is 0 Å². The van der Waals surface area contributed by atoms with Crippen molar-refractivity contribution >= 4 is 39.2 Å². The molecule has 0 aliphatic carbocycles. The van der Waals surface area contributed by atoms with Crippen molar-refractivity contribution in [3.8, 4) is 0 Å². The molecule has 8 heteroatoms. The lowest BCUT2D eigenvalue weighted by molar-refractivity contribution is -0.118. The lowest BCUT2D eigenvalue weighted by atomic mass is 10.1. The van der Waals surface area contributed by atoms with Gasteiger partial charge in [-0.2, -0.15) is 0 Å². The summed E-state index contributed by atoms with van der Waals surface area (Å²) >= 11 is 1.07. The van der Waals surface area contributed by atoms with Gasteiger partial charge in [-0.3, -0.25) is 14.2 Å². The Kier molecular flexibility index (Phi) is 6.59. The summed E-state index contributed by atoms with van der Waals surface area (Å²) < 4.78 is 6.77. The van der Waals surface area contributed by atoms with E-state index in [1.807, 2.05) is 45.9 Å². The molecule has 1 amide bonds. The van der Waals surface area contributed by atoms with Gasteiger partial charge in [-0.1, -0.05) is 43.4 Å². The molecule has 0 saturated heterocycles. The lowest BCUT2D eigenvalue weighted by Gasteiger charge is -2.19. The molecule has 0 radical (unpaired) electrons. The van der Waals surface area contributed by atoms with Gasteiger partial charge in [-0.25, -0.2) is 9.78 Å². The average Bonchev–Trinajstić information content (AvgIpc) is 3.06. The molecule has 1 unspecified atom stereocenters.